The first-order chi connectivity index (χ1) is 22.6. The van der Waals surface area contributed by atoms with Gasteiger partial charge < -0.3 is 28.5 Å². The third kappa shape index (κ3) is 12.1. The molecule has 248 valence electrons. The average molecular weight is 791 g/mol. The lowest BCUT2D eigenvalue weighted by Crippen LogP contribution is -2.35. The highest BCUT2D eigenvalue weighted by Crippen LogP contribution is 2.51. The number of ether oxygens (including phenoxy) is 2. The Kier molecular flexibility index (Phi) is 13.9. The number of aromatic nitrogens is 4. The zero-order valence-electron chi connectivity index (χ0n) is 25.8. The van der Waals surface area contributed by atoms with E-state index in [0.717, 1.165) is 32.9 Å². The molecule has 47 heavy (non-hydrogen) atoms. The van der Waals surface area contributed by atoms with Crippen LogP contribution in [0.25, 0.3) is 6.08 Å². The number of hydrogen-bond acceptors (Lipinski definition) is 10. The summed E-state index contributed by atoms with van der Waals surface area (Å²) in [6.45, 7) is 5.33. The molecule has 1 saturated heterocycles. The minimum absolute atomic E-state index is 0.188. The van der Waals surface area contributed by atoms with Gasteiger partial charge >= 0.3 is 25.7 Å². The molecule has 1 aliphatic rings. The number of benzene rings is 2. The Balaban J connectivity index is 0.000000213. The maximum atomic E-state index is 12.6. The largest absolute Gasteiger partial charge is 0.465 e. The number of amides is 1. The van der Waals surface area contributed by atoms with Crippen molar-refractivity contribution in [1.29, 1.82) is 0 Å². The van der Waals surface area contributed by atoms with Crippen molar-refractivity contribution in [2.75, 3.05) is 26.3 Å². The normalized spacial score (nSPS) is 12.9. The van der Waals surface area contributed by atoms with Gasteiger partial charge in [-0.1, -0.05) is 35.9 Å². The van der Waals surface area contributed by atoms with Gasteiger partial charge in [0, 0.05) is 37.9 Å². The summed E-state index contributed by atoms with van der Waals surface area (Å²) in [6.07, 6.45) is 9.41. The average Bonchev–Trinajstić information content (AvgIpc) is 3.04. The van der Waals surface area contributed by atoms with E-state index >= 15 is 0 Å². The molecular weight excluding hydrogens is 757 g/mol. The molecule has 2 aromatic carbocycles. The monoisotopic (exact) mass is 789 g/mol. The highest BCUT2D eigenvalue weighted by Gasteiger charge is 2.24. The van der Waals surface area contributed by atoms with Crippen molar-refractivity contribution >= 4 is 51.6 Å². The van der Waals surface area contributed by atoms with E-state index in [2.05, 4.69) is 57.9 Å². The van der Waals surface area contributed by atoms with Crippen LogP contribution in [0.3, 0.4) is 0 Å². The van der Waals surface area contributed by atoms with Crippen LogP contribution < -0.4 is 9.47 Å². The van der Waals surface area contributed by atoms with Gasteiger partial charge in [0.05, 0.1) is 28.3 Å². The minimum Gasteiger partial charge on any atom is -0.465 e. The molecule has 0 atom stereocenters. The summed E-state index contributed by atoms with van der Waals surface area (Å²) in [5.74, 6) is 1.22. The smallest absolute Gasteiger partial charge is 0.407 e. The molecule has 3 heterocycles. The van der Waals surface area contributed by atoms with Crippen LogP contribution in [-0.2, 0) is 19.8 Å². The zero-order valence-corrected chi connectivity index (χ0v) is 29.9. The lowest BCUT2D eigenvalue weighted by atomic mass is 10.0. The minimum atomic E-state index is -3.14. The number of piperidine rings is 1. The number of likely N-dealkylation sites (tertiary alicyclic amines) is 1. The molecule has 2 aromatic heterocycles. The molecule has 0 aliphatic carbocycles. The van der Waals surface area contributed by atoms with Crippen LogP contribution in [-0.4, -0.2) is 62.3 Å². The lowest BCUT2D eigenvalue weighted by molar-refractivity contribution is 0.142. The van der Waals surface area contributed by atoms with Gasteiger partial charge in [-0.05, 0) is 93.9 Å². The van der Waals surface area contributed by atoms with E-state index in [4.69, 9.17) is 23.6 Å². The van der Waals surface area contributed by atoms with Gasteiger partial charge in [0.2, 0.25) is 0 Å². The highest BCUT2D eigenvalue weighted by molar-refractivity contribution is 9.10. The first-order valence-corrected chi connectivity index (χ1v) is 18.0. The second kappa shape index (κ2) is 18.0. The van der Waals surface area contributed by atoms with Crippen LogP contribution in [0.4, 0.5) is 4.79 Å². The van der Waals surface area contributed by atoms with E-state index < -0.39 is 13.7 Å². The number of halogens is 2. The summed E-state index contributed by atoms with van der Waals surface area (Å²) in [5.41, 5.74) is 3.05. The molecule has 0 radical (unpaired) electrons. The molecule has 0 saturated carbocycles. The lowest BCUT2D eigenvalue weighted by Gasteiger charge is -2.25. The quantitative estimate of drug-likeness (QED) is 0.145. The first-order valence-electron chi connectivity index (χ1n) is 14.7. The van der Waals surface area contributed by atoms with Gasteiger partial charge in [-0.15, -0.1) is 0 Å². The molecule has 1 aliphatic heterocycles. The van der Waals surface area contributed by atoms with E-state index in [-0.39, 0.29) is 18.2 Å². The molecule has 12 nitrogen and oxygen atoms in total. The molecule has 1 N–H and O–H groups in total. The third-order valence-corrected chi connectivity index (χ3v) is 9.32. The predicted molar refractivity (Wildman–Crippen MR) is 184 cm³/mol. The summed E-state index contributed by atoms with van der Waals surface area (Å²) >= 11 is 6.55. The number of carbonyl (C=O) groups is 1. The van der Waals surface area contributed by atoms with Gasteiger partial charge in [-0.2, -0.15) is 0 Å². The van der Waals surface area contributed by atoms with Crippen molar-refractivity contribution in [2.45, 2.75) is 32.9 Å². The maximum Gasteiger partial charge on any atom is 0.407 e. The number of carboxylic acid groups (broad SMARTS) is 1. The van der Waals surface area contributed by atoms with Crippen LogP contribution in [0, 0.1) is 0 Å². The zero-order chi connectivity index (χ0) is 33.6. The van der Waals surface area contributed by atoms with E-state index in [1.54, 1.807) is 50.8 Å². The fourth-order valence-electron chi connectivity index (χ4n) is 4.40. The van der Waals surface area contributed by atoms with Gasteiger partial charge in [0.15, 0.2) is 0 Å². The molecular formula is C32H34Br2N5O7P. The first kappa shape index (κ1) is 36.2. The Bertz CT molecular complexity index is 1670. The highest BCUT2D eigenvalue weighted by atomic mass is 79.9. The summed E-state index contributed by atoms with van der Waals surface area (Å²) in [7, 11) is -3.14. The molecule has 0 unspecified atom stereocenters. The second-order valence-corrected chi connectivity index (χ2v) is 13.9. The fourth-order valence-corrected chi connectivity index (χ4v) is 6.50. The standard InChI is InChI=1S/C17H16BrN3O3.C15H18BrN2O4P/c18-14-10-19-16(20-11-14)24-15-3-1-2-13(9-15)8-12-4-6-21(7-5-12)17(22)23;1-3-20-23(19,21-4-2)11-12-6-5-7-14(8-12)22-15-17-9-13(16)10-18-15/h1-3,8-11H,4-7H2,(H,22,23);5-10H,3-4,11H2,1-2H3. The molecule has 1 amide bonds. The number of nitrogens with zero attached hydrogens (tertiary/aromatic N) is 5. The SMILES string of the molecule is CCOP(=O)(Cc1cccc(Oc2ncc(Br)cn2)c1)OCC.O=C(O)N1CCC(=Cc2cccc(Oc3ncc(Br)cn3)c2)CC1. The van der Waals surface area contributed by atoms with Crippen LogP contribution in [0.2, 0.25) is 0 Å². The topological polar surface area (TPSA) is 146 Å². The Morgan fingerprint density at radius 3 is 1.87 bits per heavy atom. The maximum absolute atomic E-state index is 12.6. The van der Waals surface area contributed by atoms with Crippen molar-refractivity contribution in [3.63, 3.8) is 0 Å². The van der Waals surface area contributed by atoms with E-state index in [0.29, 0.717) is 37.8 Å². The van der Waals surface area contributed by atoms with Gasteiger partial charge in [-0.3, -0.25) is 4.57 Å². The fraction of sp³-hybridized carbons (Fsp3) is 0.281. The van der Waals surface area contributed by atoms with Crippen molar-refractivity contribution < 1.29 is 33.0 Å². The van der Waals surface area contributed by atoms with Crippen LogP contribution in [0.15, 0.2) is 87.8 Å². The molecule has 5 rings (SSSR count). The summed E-state index contributed by atoms with van der Waals surface area (Å²) in [5, 5.41) is 8.98. The Hall–Kier alpha value is -3.68. The summed E-state index contributed by atoms with van der Waals surface area (Å²) < 4.78 is 36.0. The third-order valence-electron chi connectivity index (χ3n) is 6.44. The van der Waals surface area contributed by atoms with Crippen molar-refractivity contribution in [2.24, 2.45) is 0 Å². The number of hydrogen-bond donors (Lipinski definition) is 1. The molecule has 15 heteroatoms. The van der Waals surface area contributed by atoms with Crippen LogP contribution in [0.1, 0.15) is 37.8 Å². The van der Waals surface area contributed by atoms with Gasteiger partial charge in [0.1, 0.15) is 11.5 Å². The van der Waals surface area contributed by atoms with Crippen molar-refractivity contribution in [1.82, 2.24) is 24.8 Å². The molecule has 1 fully saturated rings. The Morgan fingerprint density at radius 1 is 0.851 bits per heavy atom. The van der Waals surface area contributed by atoms with Gasteiger partial charge in [0.25, 0.3) is 0 Å². The Morgan fingerprint density at radius 2 is 1.36 bits per heavy atom. The molecule has 4 aromatic rings. The van der Waals surface area contributed by atoms with E-state index in [9.17, 15) is 9.36 Å². The summed E-state index contributed by atoms with van der Waals surface area (Å²) in [4.78, 5) is 28.7. The van der Waals surface area contributed by atoms with Crippen molar-refractivity contribution in [3.05, 3.63) is 99.0 Å². The van der Waals surface area contributed by atoms with E-state index in [1.807, 2.05) is 36.4 Å². The van der Waals surface area contributed by atoms with E-state index in [1.165, 1.54) is 10.5 Å². The molecule has 0 spiro atoms. The predicted octanol–water partition coefficient (Wildman–Crippen LogP) is 8.99. The Labute approximate surface area is 290 Å². The van der Waals surface area contributed by atoms with Crippen LogP contribution >= 0.6 is 39.5 Å². The van der Waals surface area contributed by atoms with Crippen molar-refractivity contribution in [3.8, 4) is 23.5 Å². The van der Waals surface area contributed by atoms with Gasteiger partial charge in [-0.25, -0.2) is 24.7 Å². The second-order valence-electron chi connectivity index (χ2n) is 9.97. The summed E-state index contributed by atoms with van der Waals surface area (Å²) in [6, 6.07) is 15.4. The van der Waals surface area contributed by atoms with Crippen LogP contribution in [0.5, 0.6) is 23.5 Å². The molecule has 0 bridgehead atoms. The number of rotatable bonds is 11.